The summed E-state index contributed by atoms with van der Waals surface area (Å²) < 4.78 is 0. The Bertz CT molecular complexity index is 1150. The molecule has 2 aliphatic rings. The number of aryl methyl sites for hydroxylation is 3. The highest BCUT2D eigenvalue weighted by Gasteiger charge is 2.17. The van der Waals surface area contributed by atoms with E-state index in [2.05, 4.69) is 40.3 Å². The van der Waals surface area contributed by atoms with Crippen LogP contribution in [-0.2, 0) is 25.7 Å². The Balaban J connectivity index is 1.26. The molecule has 1 amide bonds. The van der Waals surface area contributed by atoms with Gasteiger partial charge in [0.05, 0.1) is 5.69 Å². The van der Waals surface area contributed by atoms with Crippen molar-refractivity contribution < 1.29 is 4.79 Å². The highest BCUT2D eigenvalue weighted by atomic mass is 32.1. The van der Waals surface area contributed by atoms with Crippen molar-refractivity contribution in [2.75, 3.05) is 5.32 Å². The summed E-state index contributed by atoms with van der Waals surface area (Å²) in [6.07, 6.45) is 9.33. The summed E-state index contributed by atoms with van der Waals surface area (Å²) in [5, 5.41) is 8.91. The summed E-state index contributed by atoms with van der Waals surface area (Å²) in [6.45, 7) is 0. The molecular formula is C25H25N3OS2. The van der Waals surface area contributed by atoms with Gasteiger partial charge < -0.3 is 5.32 Å². The van der Waals surface area contributed by atoms with Crippen LogP contribution in [0, 0.1) is 0 Å². The Hall–Kier alpha value is -2.57. The molecule has 1 aromatic heterocycles. The molecular weight excluding hydrogens is 422 g/mol. The highest BCUT2D eigenvalue weighted by Crippen LogP contribution is 2.33. The molecule has 0 atom stereocenters. The number of nitrogens with zero attached hydrogens (tertiary/aromatic N) is 1. The van der Waals surface area contributed by atoms with Crippen molar-refractivity contribution in [3.8, 4) is 11.3 Å². The molecule has 0 saturated heterocycles. The second-order valence-electron chi connectivity index (χ2n) is 8.29. The summed E-state index contributed by atoms with van der Waals surface area (Å²) in [4.78, 5) is 17.4. The first-order valence-electron chi connectivity index (χ1n) is 11.0. The Labute approximate surface area is 192 Å². The maximum Gasteiger partial charge on any atom is 0.257 e. The number of hydrogen-bond donors (Lipinski definition) is 2. The van der Waals surface area contributed by atoms with Gasteiger partial charge in [0.25, 0.3) is 5.91 Å². The Morgan fingerprint density at radius 2 is 1.71 bits per heavy atom. The van der Waals surface area contributed by atoms with Crippen molar-refractivity contribution >= 4 is 39.7 Å². The molecule has 0 spiro atoms. The molecule has 3 aromatic rings. The summed E-state index contributed by atoms with van der Waals surface area (Å²) in [7, 11) is 0. The fourth-order valence-corrected chi connectivity index (χ4v) is 5.62. The van der Waals surface area contributed by atoms with Crippen LogP contribution in [0.15, 0.2) is 41.8 Å². The van der Waals surface area contributed by atoms with Gasteiger partial charge in [0.1, 0.15) is 0 Å². The van der Waals surface area contributed by atoms with Crippen molar-refractivity contribution in [1.82, 2.24) is 10.3 Å². The number of nitrogens with one attached hydrogen (secondary N) is 2. The number of fused-ring (bicyclic) bond motifs is 2. The third-order valence-electron chi connectivity index (χ3n) is 6.23. The minimum Gasteiger partial charge on any atom is -0.308 e. The predicted molar refractivity (Wildman–Crippen MR) is 131 cm³/mol. The molecule has 2 aliphatic carbocycles. The van der Waals surface area contributed by atoms with Gasteiger partial charge in [-0.05, 0) is 98.0 Å². The number of thiocarbonyl (C=S) groups is 1. The number of aromatic nitrogens is 1. The van der Waals surface area contributed by atoms with Crippen LogP contribution in [0.4, 0.5) is 5.13 Å². The van der Waals surface area contributed by atoms with E-state index in [-0.39, 0.29) is 11.0 Å². The highest BCUT2D eigenvalue weighted by molar-refractivity contribution is 7.80. The minimum absolute atomic E-state index is 0.181. The summed E-state index contributed by atoms with van der Waals surface area (Å²) in [5.74, 6) is -0.181. The molecule has 31 heavy (non-hydrogen) atoms. The van der Waals surface area contributed by atoms with Crippen molar-refractivity contribution in [2.24, 2.45) is 0 Å². The number of amides is 1. The van der Waals surface area contributed by atoms with Gasteiger partial charge in [0.2, 0.25) is 0 Å². The lowest BCUT2D eigenvalue weighted by atomic mass is 9.87. The summed E-state index contributed by atoms with van der Waals surface area (Å²) in [5.41, 5.74) is 8.35. The van der Waals surface area contributed by atoms with Crippen LogP contribution >= 0.6 is 23.6 Å². The minimum atomic E-state index is -0.181. The smallest absolute Gasteiger partial charge is 0.257 e. The average Bonchev–Trinajstić information content (AvgIpc) is 3.26. The van der Waals surface area contributed by atoms with E-state index < -0.39 is 0 Å². The second kappa shape index (κ2) is 8.89. The number of benzene rings is 2. The molecule has 2 N–H and O–H groups in total. The van der Waals surface area contributed by atoms with E-state index in [9.17, 15) is 4.79 Å². The maximum absolute atomic E-state index is 12.7. The lowest BCUT2D eigenvalue weighted by Crippen LogP contribution is -2.34. The number of hydrogen-bond acceptors (Lipinski definition) is 4. The van der Waals surface area contributed by atoms with Gasteiger partial charge in [0, 0.05) is 16.5 Å². The quantitative estimate of drug-likeness (QED) is 0.506. The first-order chi connectivity index (χ1) is 15.2. The number of carbonyl (C=O) groups excluding carboxylic acids is 1. The van der Waals surface area contributed by atoms with Crippen molar-refractivity contribution in [2.45, 2.75) is 51.4 Å². The molecule has 0 bridgehead atoms. The SMILES string of the molecule is O=C(NC(=S)Nc1nc(-c2cccc3c2CCCC3)cs1)c1ccc2c(c1)CCCC2. The zero-order chi connectivity index (χ0) is 21.2. The average molecular weight is 448 g/mol. The first kappa shape index (κ1) is 20.3. The van der Waals surface area contributed by atoms with Crippen molar-refractivity contribution in [1.29, 1.82) is 0 Å². The molecule has 5 rings (SSSR count). The van der Waals surface area contributed by atoms with E-state index in [1.807, 2.05) is 12.1 Å². The third-order valence-corrected chi connectivity index (χ3v) is 7.20. The maximum atomic E-state index is 12.7. The van der Waals surface area contributed by atoms with Crippen LogP contribution in [0.5, 0.6) is 0 Å². The molecule has 0 aliphatic heterocycles. The first-order valence-corrected chi connectivity index (χ1v) is 12.3. The van der Waals surface area contributed by atoms with Gasteiger partial charge in [-0.25, -0.2) is 4.98 Å². The molecule has 0 radical (unpaired) electrons. The Kier molecular flexibility index (Phi) is 5.83. The fourth-order valence-electron chi connectivity index (χ4n) is 4.65. The molecule has 0 fully saturated rings. The van der Waals surface area contributed by atoms with E-state index in [0.717, 1.165) is 31.4 Å². The van der Waals surface area contributed by atoms with Crippen molar-refractivity contribution in [3.63, 3.8) is 0 Å². The molecule has 1 heterocycles. The van der Waals surface area contributed by atoms with E-state index >= 15 is 0 Å². The van der Waals surface area contributed by atoms with Gasteiger partial charge in [0.15, 0.2) is 10.2 Å². The summed E-state index contributed by atoms with van der Waals surface area (Å²) >= 11 is 6.88. The number of carbonyl (C=O) groups is 1. The summed E-state index contributed by atoms with van der Waals surface area (Å²) in [6, 6.07) is 12.5. The zero-order valence-electron chi connectivity index (χ0n) is 17.4. The van der Waals surface area contributed by atoms with Crippen LogP contribution < -0.4 is 10.6 Å². The van der Waals surface area contributed by atoms with E-state index in [4.69, 9.17) is 17.2 Å². The lowest BCUT2D eigenvalue weighted by molar-refractivity contribution is 0.0977. The Morgan fingerprint density at radius 1 is 0.935 bits per heavy atom. The number of rotatable bonds is 3. The molecule has 2 aromatic carbocycles. The predicted octanol–water partition coefficient (Wildman–Crippen LogP) is 5.69. The molecule has 0 saturated carbocycles. The van der Waals surface area contributed by atoms with Gasteiger partial charge in [-0.3, -0.25) is 10.1 Å². The monoisotopic (exact) mass is 447 g/mol. The van der Waals surface area contributed by atoms with Crippen LogP contribution in [0.2, 0.25) is 0 Å². The zero-order valence-corrected chi connectivity index (χ0v) is 19.0. The molecule has 4 nitrogen and oxygen atoms in total. The van der Waals surface area contributed by atoms with Gasteiger partial charge in [-0.15, -0.1) is 11.3 Å². The van der Waals surface area contributed by atoms with Crippen LogP contribution in [0.25, 0.3) is 11.3 Å². The molecule has 0 unspecified atom stereocenters. The molecule has 158 valence electrons. The largest absolute Gasteiger partial charge is 0.308 e. The lowest BCUT2D eigenvalue weighted by Gasteiger charge is -2.18. The third kappa shape index (κ3) is 4.41. The Morgan fingerprint density at radius 3 is 2.58 bits per heavy atom. The fraction of sp³-hybridized carbons (Fsp3) is 0.320. The normalized spacial score (nSPS) is 15.0. The van der Waals surface area contributed by atoms with Crippen LogP contribution in [0.3, 0.4) is 0 Å². The number of thiazole rings is 1. The van der Waals surface area contributed by atoms with E-state index in [0.29, 0.717) is 10.7 Å². The number of anilines is 1. The van der Waals surface area contributed by atoms with E-state index in [1.165, 1.54) is 64.8 Å². The standard InChI is InChI=1S/C25H25N3OS2/c29-23(19-13-12-16-6-1-2-8-18(16)14-19)27-24(30)28-25-26-22(15-31-25)21-11-5-9-17-7-3-4-10-20(17)21/h5,9,11-15H,1-4,6-8,10H2,(H2,26,27,28,29,30). The van der Waals surface area contributed by atoms with Gasteiger partial charge in [-0.1, -0.05) is 24.3 Å². The topological polar surface area (TPSA) is 54.0 Å². The second-order valence-corrected chi connectivity index (χ2v) is 9.55. The van der Waals surface area contributed by atoms with Gasteiger partial charge >= 0.3 is 0 Å². The molecule has 6 heteroatoms. The van der Waals surface area contributed by atoms with Crippen LogP contribution in [-0.4, -0.2) is 16.0 Å². The van der Waals surface area contributed by atoms with Crippen molar-refractivity contribution in [3.05, 3.63) is 69.6 Å². The van der Waals surface area contributed by atoms with Gasteiger partial charge in [-0.2, -0.15) is 0 Å². The van der Waals surface area contributed by atoms with Crippen LogP contribution in [0.1, 0.15) is 58.3 Å². The van der Waals surface area contributed by atoms with E-state index in [1.54, 1.807) is 0 Å².